The van der Waals surface area contributed by atoms with Gasteiger partial charge in [-0.1, -0.05) is 0 Å². The predicted molar refractivity (Wildman–Crippen MR) is 92.5 cm³/mol. The molecule has 0 saturated heterocycles. The lowest BCUT2D eigenvalue weighted by atomic mass is 10.1. The number of nitrogens with zero attached hydrogens (tertiary/aromatic N) is 3. The Morgan fingerprint density at radius 1 is 1.30 bits per heavy atom. The SMILES string of the molecule is Cn1nccc1-c1cncc(CNS(=O)(=O)c2ccc(Br)s2)c1. The van der Waals surface area contributed by atoms with E-state index in [0.717, 1.165) is 20.6 Å². The monoisotopic (exact) mass is 412 g/mol. The topological polar surface area (TPSA) is 76.9 Å². The van der Waals surface area contributed by atoms with Crippen LogP contribution in [0.4, 0.5) is 0 Å². The van der Waals surface area contributed by atoms with Gasteiger partial charge in [0.1, 0.15) is 4.21 Å². The first-order chi connectivity index (χ1) is 11.0. The molecule has 3 heterocycles. The summed E-state index contributed by atoms with van der Waals surface area (Å²) in [4.78, 5) is 4.18. The third-order valence-electron chi connectivity index (χ3n) is 3.19. The van der Waals surface area contributed by atoms with Gasteiger partial charge in [-0.15, -0.1) is 11.3 Å². The molecule has 23 heavy (non-hydrogen) atoms. The number of halogens is 1. The van der Waals surface area contributed by atoms with Crippen molar-refractivity contribution < 1.29 is 8.42 Å². The number of pyridine rings is 1. The summed E-state index contributed by atoms with van der Waals surface area (Å²) in [5, 5.41) is 4.12. The molecule has 6 nitrogen and oxygen atoms in total. The first-order valence-electron chi connectivity index (χ1n) is 6.63. The lowest BCUT2D eigenvalue weighted by molar-refractivity contribution is 0.583. The van der Waals surface area contributed by atoms with Crippen LogP contribution in [0, 0.1) is 0 Å². The molecule has 0 aliphatic rings. The zero-order chi connectivity index (χ0) is 16.4. The van der Waals surface area contributed by atoms with E-state index in [1.165, 1.54) is 11.3 Å². The van der Waals surface area contributed by atoms with E-state index in [-0.39, 0.29) is 10.8 Å². The number of hydrogen-bond acceptors (Lipinski definition) is 5. The van der Waals surface area contributed by atoms with Crippen LogP contribution in [0.15, 0.2) is 50.9 Å². The third kappa shape index (κ3) is 3.69. The highest BCUT2D eigenvalue weighted by Crippen LogP contribution is 2.26. The number of sulfonamides is 1. The number of hydrogen-bond donors (Lipinski definition) is 1. The number of aryl methyl sites for hydroxylation is 1. The molecule has 0 spiro atoms. The van der Waals surface area contributed by atoms with E-state index in [1.807, 2.05) is 19.2 Å². The smallest absolute Gasteiger partial charge is 0.250 e. The van der Waals surface area contributed by atoms with Crippen molar-refractivity contribution >= 4 is 37.3 Å². The third-order valence-corrected chi connectivity index (χ3v) is 6.71. The van der Waals surface area contributed by atoms with Gasteiger partial charge in [-0.3, -0.25) is 9.67 Å². The maximum absolute atomic E-state index is 12.2. The summed E-state index contributed by atoms with van der Waals surface area (Å²) in [5.41, 5.74) is 2.59. The summed E-state index contributed by atoms with van der Waals surface area (Å²) < 4.78 is 29.9. The minimum Gasteiger partial charge on any atom is -0.268 e. The van der Waals surface area contributed by atoms with Crippen LogP contribution in [0.3, 0.4) is 0 Å². The molecular weight excluding hydrogens is 400 g/mol. The Bertz CT molecular complexity index is 934. The van der Waals surface area contributed by atoms with Gasteiger partial charge in [0.15, 0.2) is 0 Å². The molecule has 1 N–H and O–H groups in total. The van der Waals surface area contributed by atoms with Crippen molar-refractivity contribution in [3.05, 3.63) is 52.2 Å². The van der Waals surface area contributed by atoms with E-state index in [4.69, 9.17) is 0 Å². The molecule has 0 fully saturated rings. The number of rotatable bonds is 5. The van der Waals surface area contributed by atoms with Crippen LogP contribution in [0.2, 0.25) is 0 Å². The molecule has 0 bridgehead atoms. The lowest BCUT2D eigenvalue weighted by Crippen LogP contribution is -2.22. The van der Waals surface area contributed by atoms with Gasteiger partial charge in [-0.05, 0) is 45.8 Å². The van der Waals surface area contributed by atoms with Gasteiger partial charge in [0.25, 0.3) is 0 Å². The second-order valence-corrected chi connectivity index (χ2v) is 9.26. The molecule has 0 amide bonds. The average Bonchev–Trinajstić information content (AvgIpc) is 3.14. The van der Waals surface area contributed by atoms with E-state index >= 15 is 0 Å². The maximum atomic E-state index is 12.2. The molecule has 0 unspecified atom stereocenters. The van der Waals surface area contributed by atoms with Gasteiger partial charge in [0, 0.05) is 37.7 Å². The standard InChI is InChI=1S/C14H13BrN4O2S2/c1-19-12(4-5-17-19)11-6-10(7-16-9-11)8-18-23(20,21)14-3-2-13(15)22-14/h2-7,9,18H,8H2,1H3. The van der Waals surface area contributed by atoms with Crippen molar-refractivity contribution in [3.8, 4) is 11.3 Å². The largest absolute Gasteiger partial charge is 0.268 e. The summed E-state index contributed by atoms with van der Waals surface area (Å²) in [6.45, 7) is 0.177. The van der Waals surface area contributed by atoms with Gasteiger partial charge in [0.05, 0.1) is 9.48 Å². The second kappa shape index (κ2) is 6.52. The van der Waals surface area contributed by atoms with Crippen LogP contribution in [-0.2, 0) is 23.6 Å². The minimum absolute atomic E-state index is 0.177. The summed E-state index contributed by atoms with van der Waals surface area (Å²) in [6.07, 6.45) is 5.08. The van der Waals surface area contributed by atoms with E-state index < -0.39 is 10.0 Å². The molecular formula is C14H13BrN4O2S2. The molecule has 3 rings (SSSR count). The molecule has 3 aromatic heterocycles. The Balaban J connectivity index is 1.78. The molecule has 0 saturated carbocycles. The van der Waals surface area contributed by atoms with Gasteiger partial charge in [-0.2, -0.15) is 5.10 Å². The van der Waals surface area contributed by atoms with Crippen molar-refractivity contribution in [2.24, 2.45) is 7.05 Å². The quantitative estimate of drug-likeness (QED) is 0.698. The summed E-state index contributed by atoms with van der Waals surface area (Å²) >= 11 is 4.44. The van der Waals surface area contributed by atoms with Gasteiger partial charge >= 0.3 is 0 Å². The summed E-state index contributed by atoms with van der Waals surface area (Å²) in [7, 11) is -1.67. The highest BCUT2D eigenvalue weighted by molar-refractivity contribution is 9.11. The molecule has 0 radical (unpaired) electrons. The van der Waals surface area contributed by atoms with E-state index in [9.17, 15) is 8.42 Å². The average molecular weight is 413 g/mol. The number of thiophene rings is 1. The van der Waals surface area contributed by atoms with Crippen LogP contribution in [0.1, 0.15) is 5.56 Å². The molecule has 3 aromatic rings. The Hall–Kier alpha value is -1.55. The fraction of sp³-hybridized carbons (Fsp3) is 0.143. The van der Waals surface area contributed by atoms with Crippen molar-refractivity contribution in [2.45, 2.75) is 10.8 Å². The molecule has 0 aromatic carbocycles. The highest BCUT2D eigenvalue weighted by Gasteiger charge is 2.16. The maximum Gasteiger partial charge on any atom is 0.250 e. The normalized spacial score (nSPS) is 11.7. The number of aromatic nitrogens is 3. The second-order valence-electron chi connectivity index (χ2n) is 4.81. The lowest BCUT2D eigenvalue weighted by Gasteiger charge is -2.07. The van der Waals surface area contributed by atoms with E-state index in [2.05, 4.69) is 30.7 Å². The minimum atomic E-state index is -3.52. The summed E-state index contributed by atoms with van der Waals surface area (Å²) in [5.74, 6) is 0. The van der Waals surface area contributed by atoms with Crippen molar-refractivity contribution in [1.29, 1.82) is 0 Å². The van der Waals surface area contributed by atoms with Crippen LogP contribution < -0.4 is 4.72 Å². The van der Waals surface area contributed by atoms with Crippen molar-refractivity contribution in [1.82, 2.24) is 19.5 Å². The van der Waals surface area contributed by atoms with E-state index in [0.29, 0.717) is 0 Å². The predicted octanol–water partition coefficient (Wildman–Crippen LogP) is 2.78. The van der Waals surface area contributed by atoms with Crippen LogP contribution >= 0.6 is 27.3 Å². The molecule has 120 valence electrons. The molecule has 0 aliphatic carbocycles. The number of nitrogens with one attached hydrogen (secondary N) is 1. The molecule has 0 atom stereocenters. The van der Waals surface area contributed by atoms with Gasteiger partial charge in [-0.25, -0.2) is 13.1 Å². The van der Waals surface area contributed by atoms with Crippen LogP contribution in [-0.4, -0.2) is 23.2 Å². The van der Waals surface area contributed by atoms with Crippen LogP contribution in [0.5, 0.6) is 0 Å². The zero-order valence-corrected chi connectivity index (χ0v) is 15.3. The fourth-order valence-corrected chi connectivity index (χ4v) is 5.15. The first-order valence-corrected chi connectivity index (χ1v) is 9.72. The van der Waals surface area contributed by atoms with Crippen molar-refractivity contribution in [2.75, 3.05) is 0 Å². The van der Waals surface area contributed by atoms with Gasteiger partial charge in [0.2, 0.25) is 10.0 Å². The molecule has 0 aliphatic heterocycles. The molecule has 9 heteroatoms. The Labute approximate surface area is 146 Å². The Kier molecular flexibility index (Phi) is 4.62. The van der Waals surface area contributed by atoms with Gasteiger partial charge < -0.3 is 0 Å². The van der Waals surface area contributed by atoms with Crippen molar-refractivity contribution in [3.63, 3.8) is 0 Å². The summed E-state index contributed by atoms with van der Waals surface area (Å²) in [6, 6.07) is 7.07. The highest BCUT2D eigenvalue weighted by atomic mass is 79.9. The fourth-order valence-electron chi connectivity index (χ4n) is 2.07. The zero-order valence-electron chi connectivity index (χ0n) is 12.1. The van der Waals surface area contributed by atoms with Crippen LogP contribution in [0.25, 0.3) is 11.3 Å². The Morgan fingerprint density at radius 3 is 2.78 bits per heavy atom. The van der Waals surface area contributed by atoms with E-state index in [1.54, 1.807) is 35.4 Å². The first kappa shape index (κ1) is 16.3. The Morgan fingerprint density at radius 2 is 2.13 bits per heavy atom.